The average molecular weight is 444 g/mol. The third-order valence-electron chi connectivity index (χ3n) is 4.93. The van der Waals surface area contributed by atoms with Gasteiger partial charge in [-0.3, -0.25) is 0 Å². The predicted molar refractivity (Wildman–Crippen MR) is 107 cm³/mol. The van der Waals surface area contributed by atoms with Gasteiger partial charge in [0.15, 0.2) is 5.82 Å². The molecule has 0 aliphatic heterocycles. The summed E-state index contributed by atoms with van der Waals surface area (Å²) in [6, 6.07) is 7.95. The van der Waals surface area contributed by atoms with Gasteiger partial charge >= 0.3 is 6.18 Å². The smallest absolute Gasteiger partial charge is 0.408 e. The largest absolute Gasteiger partial charge is 0.438 e. The highest BCUT2D eigenvalue weighted by atomic mass is 19.4. The highest BCUT2D eigenvalue weighted by Gasteiger charge is 2.33. The number of hydrogen-bond donors (Lipinski definition) is 2. The first-order valence-electron chi connectivity index (χ1n) is 9.84. The summed E-state index contributed by atoms with van der Waals surface area (Å²) in [5, 5.41) is 23.2. The molecule has 11 heteroatoms. The molecule has 0 amide bonds. The maximum absolute atomic E-state index is 13.1. The van der Waals surface area contributed by atoms with Gasteiger partial charge in [0.25, 0.3) is 0 Å². The number of aliphatic hydroxyl groups is 1. The van der Waals surface area contributed by atoms with Crippen molar-refractivity contribution in [3.8, 4) is 29.1 Å². The van der Waals surface area contributed by atoms with Crippen LogP contribution in [0.15, 0.2) is 36.7 Å². The SMILES string of the molecule is N#Cc1ccc(-c2ncc([C@H](O)CN)cn2)c(Oc2cc(C3CC3)nn2CC(F)(F)F)c1. The summed E-state index contributed by atoms with van der Waals surface area (Å²) in [5.41, 5.74) is 7.02. The predicted octanol–water partition coefficient (Wildman–Crippen LogP) is 3.44. The summed E-state index contributed by atoms with van der Waals surface area (Å²) in [7, 11) is 0. The summed E-state index contributed by atoms with van der Waals surface area (Å²) in [6.45, 7) is -1.30. The Labute approximate surface area is 181 Å². The Morgan fingerprint density at radius 1 is 1.25 bits per heavy atom. The Hall–Kier alpha value is -3.49. The van der Waals surface area contributed by atoms with Crippen LogP contribution < -0.4 is 10.5 Å². The average Bonchev–Trinajstić information content (AvgIpc) is 3.55. The van der Waals surface area contributed by atoms with E-state index in [0.717, 1.165) is 17.5 Å². The minimum absolute atomic E-state index is 0.000453. The number of nitriles is 1. The third-order valence-corrected chi connectivity index (χ3v) is 4.93. The van der Waals surface area contributed by atoms with Gasteiger partial charge in [0.2, 0.25) is 5.88 Å². The second kappa shape index (κ2) is 8.57. The van der Waals surface area contributed by atoms with Gasteiger partial charge < -0.3 is 15.6 Å². The summed E-state index contributed by atoms with van der Waals surface area (Å²) >= 11 is 0. The number of aromatic nitrogens is 4. The van der Waals surface area contributed by atoms with E-state index in [1.165, 1.54) is 30.6 Å². The quantitative estimate of drug-likeness (QED) is 0.572. The maximum atomic E-state index is 13.1. The van der Waals surface area contributed by atoms with Crippen LogP contribution in [0.2, 0.25) is 0 Å². The van der Waals surface area contributed by atoms with E-state index in [9.17, 15) is 23.5 Å². The van der Waals surface area contributed by atoms with Crippen molar-refractivity contribution in [2.45, 2.75) is 37.6 Å². The summed E-state index contributed by atoms with van der Waals surface area (Å²) in [6.07, 6.45) is -0.857. The Morgan fingerprint density at radius 3 is 2.56 bits per heavy atom. The van der Waals surface area contributed by atoms with Crippen LogP contribution in [-0.4, -0.2) is 37.6 Å². The van der Waals surface area contributed by atoms with Crippen LogP contribution in [0.1, 0.15) is 41.7 Å². The van der Waals surface area contributed by atoms with Crippen LogP contribution in [0, 0.1) is 11.3 Å². The maximum Gasteiger partial charge on any atom is 0.408 e. The zero-order valence-corrected chi connectivity index (χ0v) is 16.8. The molecule has 1 aromatic carbocycles. The van der Waals surface area contributed by atoms with Gasteiger partial charge in [-0.2, -0.15) is 23.5 Å². The molecule has 1 saturated carbocycles. The molecule has 3 aromatic rings. The highest BCUT2D eigenvalue weighted by Crippen LogP contribution is 2.42. The van der Waals surface area contributed by atoms with E-state index in [1.807, 2.05) is 6.07 Å². The summed E-state index contributed by atoms with van der Waals surface area (Å²) < 4.78 is 45.8. The zero-order chi connectivity index (χ0) is 22.9. The minimum Gasteiger partial charge on any atom is -0.438 e. The molecule has 0 radical (unpaired) electrons. The molecule has 1 aliphatic carbocycles. The number of benzene rings is 1. The molecule has 2 heterocycles. The highest BCUT2D eigenvalue weighted by molar-refractivity contribution is 5.66. The zero-order valence-electron chi connectivity index (χ0n) is 16.8. The standard InChI is InChI=1S/C21H19F3N6O2/c22-21(23,24)11-30-19(6-16(29-30)13-2-3-13)32-18-5-12(7-25)1-4-15(18)20-27-9-14(10-28-20)17(31)8-26/h1,4-6,9-10,13,17,31H,2-3,8,11,26H2/t17-/m1/s1. The van der Waals surface area contributed by atoms with Crippen molar-refractivity contribution < 1.29 is 23.0 Å². The lowest BCUT2D eigenvalue weighted by atomic mass is 10.1. The number of halogens is 3. The fraction of sp³-hybridized carbons (Fsp3) is 0.333. The van der Waals surface area contributed by atoms with Crippen molar-refractivity contribution in [2.24, 2.45) is 5.73 Å². The second-order valence-corrected chi connectivity index (χ2v) is 7.47. The van der Waals surface area contributed by atoms with Crippen LogP contribution in [0.25, 0.3) is 11.4 Å². The van der Waals surface area contributed by atoms with E-state index in [-0.39, 0.29) is 35.5 Å². The molecule has 3 N–H and O–H groups in total. The number of nitrogens with two attached hydrogens (primary N) is 1. The van der Waals surface area contributed by atoms with Gasteiger partial charge in [-0.25, -0.2) is 14.6 Å². The summed E-state index contributed by atoms with van der Waals surface area (Å²) in [4.78, 5) is 8.42. The molecule has 0 bridgehead atoms. The third kappa shape index (κ3) is 4.87. The van der Waals surface area contributed by atoms with Crippen molar-refractivity contribution in [1.82, 2.24) is 19.7 Å². The molecule has 32 heavy (non-hydrogen) atoms. The lowest BCUT2D eigenvalue weighted by Crippen LogP contribution is -2.19. The fourth-order valence-corrected chi connectivity index (χ4v) is 3.12. The van der Waals surface area contributed by atoms with Gasteiger partial charge in [0, 0.05) is 36.5 Å². The molecule has 8 nitrogen and oxygen atoms in total. The van der Waals surface area contributed by atoms with Crippen LogP contribution in [0.5, 0.6) is 11.6 Å². The number of nitrogens with zero attached hydrogens (tertiary/aromatic N) is 5. The van der Waals surface area contributed by atoms with E-state index in [1.54, 1.807) is 6.07 Å². The van der Waals surface area contributed by atoms with E-state index in [2.05, 4.69) is 15.1 Å². The molecule has 1 fully saturated rings. The Morgan fingerprint density at radius 2 is 1.97 bits per heavy atom. The molecule has 1 aliphatic rings. The lowest BCUT2D eigenvalue weighted by molar-refractivity contribution is -0.143. The second-order valence-electron chi connectivity index (χ2n) is 7.47. The first-order chi connectivity index (χ1) is 15.3. The number of hydrogen-bond acceptors (Lipinski definition) is 7. The van der Waals surface area contributed by atoms with Crippen LogP contribution in [-0.2, 0) is 6.54 Å². The number of aliphatic hydroxyl groups excluding tert-OH is 1. The van der Waals surface area contributed by atoms with Crippen LogP contribution in [0.4, 0.5) is 13.2 Å². The van der Waals surface area contributed by atoms with E-state index >= 15 is 0 Å². The van der Waals surface area contributed by atoms with Crippen molar-refractivity contribution in [3.63, 3.8) is 0 Å². The molecular weight excluding hydrogens is 425 g/mol. The van der Waals surface area contributed by atoms with E-state index in [0.29, 0.717) is 16.8 Å². The van der Waals surface area contributed by atoms with Gasteiger partial charge in [0.05, 0.1) is 29.0 Å². The summed E-state index contributed by atoms with van der Waals surface area (Å²) in [5.74, 6) is 0.362. The number of ether oxygens (including phenoxy) is 1. The topological polar surface area (TPSA) is 123 Å². The van der Waals surface area contributed by atoms with Gasteiger partial charge in [0.1, 0.15) is 12.3 Å². The van der Waals surface area contributed by atoms with Crippen molar-refractivity contribution in [3.05, 3.63) is 53.5 Å². The minimum atomic E-state index is -4.48. The van der Waals surface area contributed by atoms with Crippen LogP contribution in [0.3, 0.4) is 0 Å². The molecule has 4 rings (SSSR count). The molecule has 166 valence electrons. The van der Waals surface area contributed by atoms with Gasteiger partial charge in [-0.05, 0) is 31.0 Å². The molecule has 0 saturated heterocycles. The number of alkyl halides is 3. The van der Waals surface area contributed by atoms with Gasteiger partial charge in [-0.15, -0.1) is 0 Å². The fourth-order valence-electron chi connectivity index (χ4n) is 3.12. The lowest BCUT2D eigenvalue weighted by Gasteiger charge is -2.14. The first kappa shape index (κ1) is 21.7. The van der Waals surface area contributed by atoms with E-state index in [4.69, 9.17) is 10.5 Å². The van der Waals surface area contributed by atoms with Crippen molar-refractivity contribution in [2.75, 3.05) is 6.54 Å². The molecule has 1 atom stereocenters. The van der Waals surface area contributed by atoms with Gasteiger partial charge in [-0.1, -0.05) is 0 Å². The normalized spacial score (nSPS) is 14.8. The van der Waals surface area contributed by atoms with Crippen molar-refractivity contribution >= 4 is 0 Å². The molecule has 0 unspecified atom stereocenters. The Kier molecular flexibility index (Phi) is 5.82. The first-order valence-corrected chi connectivity index (χ1v) is 9.84. The Bertz CT molecular complexity index is 1150. The van der Waals surface area contributed by atoms with Crippen LogP contribution >= 0.6 is 0 Å². The molecular formula is C21H19F3N6O2. The van der Waals surface area contributed by atoms with Crippen molar-refractivity contribution in [1.29, 1.82) is 5.26 Å². The molecule has 0 spiro atoms. The number of rotatable bonds is 7. The van der Waals surface area contributed by atoms with E-state index < -0.39 is 18.8 Å². The Balaban J connectivity index is 1.72. The molecule has 2 aromatic heterocycles. The monoisotopic (exact) mass is 444 g/mol.